The van der Waals surface area contributed by atoms with Crippen molar-refractivity contribution in [2.24, 2.45) is 5.41 Å². The lowest BCUT2D eigenvalue weighted by atomic mass is 9.96. The quantitative estimate of drug-likeness (QED) is 0.489. The molecule has 0 amide bonds. The molecule has 1 aliphatic rings. The molecule has 0 aromatic carbocycles. The highest BCUT2D eigenvalue weighted by Crippen LogP contribution is 2.16. The van der Waals surface area contributed by atoms with Crippen LogP contribution >= 0.6 is 0 Å². The molecule has 0 aromatic heterocycles. The lowest BCUT2D eigenvalue weighted by molar-refractivity contribution is -0.151. The van der Waals surface area contributed by atoms with E-state index in [1.807, 2.05) is 13.8 Å². The fourth-order valence-electron chi connectivity index (χ4n) is 1.23. The van der Waals surface area contributed by atoms with Gasteiger partial charge in [0.25, 0.3) is 0 Å². The van der Waals surface area contributed by atoms with Crippen molar-refractivity contribution in [2.75, 3.05) is 32.8 Å². The van der Waals surface area contributed by atoms with Crippen molar-refractivity contribution in [1.29, 1.82) is 0 Å². The normalized spacial score (nSPS) is 15.5. The van der Waals surface area contributed by atoms with E-state index >= 15 is 0 Å². The summed E-state index contributed by atoms with van der Waals surface area (Å²) in [4.78, 5) is 24.3. The van der Waals surface area contributed by atoms with E-state index in [0.717, 1.165) is 19.6 Å². The Morgan fingerprint density at radius 3 is 2.29 bits per heavy atom. The summed E-state index contributed by atoms with van der Waals surface area (Å²) >= 11 is 0. The van der Waals surface area contributed by atoms with Crippen LogP contribution in [-0.4, -0.2) is 49.7 Å². The summed E-state index contributed by atoms with van der Waals surface area (Å²) in [7, 11) is 0. The van der Waals surface area contributed by atoms with Crippen LogP contribution in [0.4, 0.5) is 0 Å². The Hall–Kier alpha value is -1.10. The molecule has 0 spiro atoms. The second kappa shape index (κ2) is 6.00. The fourth-order valence-corrected chi connectivity index (χ4v) is 1.23. The zero-order valence-electron chi connectivity index (χ0n) is 10.8. The van der Waals surface area contributed by atoms with Crippen LogP contribution < -0.4 is 0 Å². The second-order valence-electron chi connectivity index (χ2n) is 5.20. The van der Waals surface area contributed by atoms with Crippen molar-refractivity contribution >= 4 is 11.9 Å². The SMILES string of the molecule is CC(=O)OCC(C)(C)COC(=O)CCN1CC1. The topological polar surface area (TPSA) is 55.6 Å². The zero-order valence-corrected chi connectivity index (χ0v) is 10.8. The Morgan fingerprint density at radius 2 is 1.76 bits per heavy atom. The molecule has 0 bridgehead atoms. The van der Waals surface area contributed by atoms with E-state index in [4.69, 9.17) is 9.47 Å². The first-order valence-corrected chi connectivity index (χ1v) is 5.90. The maximum Gasteiger partial charge on any atom is 0.307 e. The summed E-state index contributed by atoms with van der Waals surface area (Å²) < 4.78 is 10.1. The van der Waals surface area contributed by atoms with Crippen molar-refractivity contribution < 1.29 is 19.1 Å². The second-order valence-corrected chi connectivity index (χ2v) is 5.20. The maximum absolute atomic E-state index is 11.4. The lowest BCUT2D eigenvalue weighted by Crippen LogP contribution is -2.28. The van der Waals surface area contributed by atoms with Gasteiger partial charge in [0.05, 0.1) is 19.6 Å². The largest absolute Gasteiger partial charge is 0.465 e. The molecule has 1 saturated heterocycles. The first-order valence-electron chi connectivity index (χ1n) is 5.90. The summed E-state index contributed by atoms with van der Waals surface area (Å²) in [5.74, 6) is -0.501. The third kappa shape index (κ3) is 6.94. The fraction of sp³-hybridized carbons (Fsp3) is 0.833. The van der Waals surface area contributed by atoms with Gasteiger partial charge in [-0.2, -0.15) is 0 Å². The highest BCUT2D eigenvalue weighted by molar-refractivity contribution is 5.69. The highest BCUT2D eigenvalue weighted by Gasteiger charge is 2.23. The number of carbonyl (C=O) groups is 2. The third-order valence-corrected chi connectivity index (χ3v) is 2.46. The molecule has 0 radical (unpaired) electrons. The molecule has 1 heterocycles. The van der Waals surface area contributed by atoms with E-state index in [1.165, 1.54) is 6.92 Å². The van der Waals surface area contributed by atoms with Gasteiger partial charge in [-0.05, 0) is 0 Å². The van der Waals surface area contributed by atoms with Crippen LogP contribution in [0.1, 0.15) is 27.2 Å². The van der Waals surface area contributed by atoms with Gasteiger partial charge >= 0.3 is 11.9 Å². The van der Waals surface area contributed by atoms with Crippen molar-refractivity contribution in [3.63, 3.8) is 0 Å². The van der Waals surface area contributed by atoms with Crippen molar-refractivity contribution in [2.45, 2.75) is 27.2 Å². The Kier molecular flexibility index (Phi) is 4.93. The molecular formula is C12H21NO4. The van der Waals surface area contributed by atoms with Crippen molar-refractivity contribution in [1.82, 2.24) is 4.90 Å². The molecule has 0 unspecified atom stereocenters. The minimum Gasteiger partial charge on any atom is -0.465 e. The number of carbonyl (C=O) groups excluding carboxylic acids is 2. The van der Waals surface area contributed by atoms with E-state index in [0.29, 0.717) is 6.42 Å². The van der Waals surface area contributed by atoms with Gasteiger partial charge in [0.2, 0.25) is 0 Å². The van der Waals surface area contributed by atoms with Gasteiger partial charge in [-0.1, -0.05) is 13.8 Å². The van der Waals surface area contributed by atoms with Crippen LogP contribution in [0.3, 0.4) is 0 Å². The van der Waals surface area contributed by atoms with E-state index in [-0.39, 0.29) is 30.6 Å². The van der Waals surface area contributed by atoms with Crippen LogP contribution in [0.25, 0.3) is 0 Å². The van der Waals surface area contributed by atoms with Crippen LogP contribution in [0, 0.1) is 5.41 Å². The number of ether oxygens (including phenoxy) is 2. The van der Waals surface area contributed by atoms with E-state index in [1.54, 1.807) is 0 Å². The smallest absolute Gasteiger partial charge is 0.307 e. The molecule has 0 aromatic rings. The Bertz CT molecular complexity index is 284. The summed E-state index contributed by atoms with van der Waals surface area (Å²) in [6.07, 6.45) is 0.434. The molecule has 0 saturated carbocycles. The highest BCUT2D eigenvalue weighted by atomic mass is 16.5. The first-order chi connectivity index (χ1) is 7.89. The van der Waals surface area contributed by atoms with Gasteiger partial charge in [0.15, 0.2) is 0 Å². The average Bonchev–Trinajstić information content (AvgIpc) is 3.05. The van der Waals surface area contributed by atoms with Crippen LogP contribution in [0.5, 0.6) is 0 Å². The van der Waals surface area contributed by atoms with Crippen molar-refractivity contribution in [3.8, 4) is 0 Å². The van der Waals surface area contributed by atoms with Crippen LogP contribution in [0.15, 0.2) is 0 Å². The van der Waals surface area contributed by atoms with Gasteiger partial charge in [0, 0.05) is 32.0 Å². The number of nitrogens with zero attached hydrogens (tertiary/aromatic N) is 1. The molecule has 98 valence electrons. The molecule has 1 aliphatic heterocycles. The first kappa shape index (κ1) is 14.0. The van der Waals surface area contributed by atoms with Gasteiger partial charge < -0.3 is 14.4 Å². The van der Waals surface area contributed by atoms with Crippen molar-refractivity contribution in [3.05, 3.63) is 0 Å². The predicted octanol–water partition coefficient (Wildman–Crippen LogP) is 0.825. The zero-order chi connectivity index (χ0) is 12.9. The number of hydrogen-bond donors (Lipinski definition) is 0. The minimum atomic E-state index is -0.332. The summed E-state index contributed by atoms with van der Waals surface area (Å²) in [5.41, 5.74) is -0.332. The summed E-state index contributed by atoms with van der Waals surface area (Å²) in [6, 6.07) is 0. The maximum atomic E-state index is 11.4. The van der Waals surface area contributed by atoms with E-state index < -0.39 is 0 Å². The molecule has 0 atom stereocenters. The molecular weight excluding hydrogens is 222 g/mol. The molecule has 5 heteroatoms. The Balaban J connectivity index is 2.13. The number of rotatable bonds is 7. The molecule has 1 rings (SSSR count). The van der Waals surface area contributed by atoms with Gasteiger partial charge in [-0.3, -0.25) is 9.59 Å². The van der Waals surface area contributed by atoms with E-state index in [9.17, 15) is 9.59 Å². The Labute approximate surface area is 102 Å². The standard InChI is InChI=1S/C12H21NO4/c1-10(14)16-8-12(2,3)9-17-11(15)4-5-13-6-7-13/h4-9H2,1-3H3. The number of hydrogen-bond acceptors (Lipinski definition) is 5. The van der Waals surface area contributed by atoms with Gasteiger partial charge in [-0.15, -0.1) is 0 Å². The summed E-state index contributed by atoms with van der Waals surface area (Å²) in [5, 5.41) is 0. The monoisotopic (exact) mass is 243 g/mol. The molecule has 17 heavy (non-hydrogen) atoms. The minimum absolute atomic E-state index is 0.187. The molecule has 0 aliphatic carbocycles. The Morgan fingerprint density at radius 1 is 1.18 bits per heavy atom. The summed E-state index contributed by atoms with van der Waals surface area (Å²) in [6.45, 7) is 8.66. The van der Waals surface area contributed by atoms with Gasteiger partial charge in [-0.25, -0.2) is 0 Å². The molecule has 5 nitrogen and oxygen atoms in total. The molecule has 0 N–H and O–H groups in total. The third-order valence-electron chi connectivity index (χ3n) is 2.46. The average molecular weight is 243 g/mol. The van der Waals surface area contributed by atoms with Gasteiger partial charge in [0.1, 0.15) is 0 Å². The number of esters is 2. The van der Waals surface area contributed by atoms with Crippen LogP contribution in [-0.2, 0) is 19.1 Å². The predicted molar refractivity (Wildman–Crippen MR) is 62.4 cm³/mol. The molecule has 1 fully saturated rings. The van der Waals surface area contributed by atoms with Crippen LogP contribution in [0.2, 0.25) is 0 Å². The lowest BCUT2D eigenvalue weighted by Gasteiger charge is -2.23. The van der Waals surface area contributed by atoms with E-state index in [2.05, 4.69) is 4.90 Å².